The van der Waals surface area contributed by atoms with E-state index in [0.717, 1.165) is 11.3 Å². The molecule has 1 heterocycles. The maximum absolute atomic E-state index is 12.3. The predicted molar refractivity (Wildman–Crippen MR) is 92.9 cm³/mol. The molecule has 1 amide bonds. The van der Waals surface area contributed by atoms with Gasteiger partial charge in [0.2, 0.25) is 0 Å². The molecule has 1 aliphatic rings. The van der Waals surface area contributed by atoms with Gasteiger partial charge in [0.05, 0.1) is 25.3 Å². The second kappa shape index (κ2) is 7.77. The smallest absolute Gasteiger partial charge is 0.335 e. The highest BCUT2D eigenvalue weighted by Crippen LogP contribution is 2.31. The first-order valence-corrected chi connectivity index (χ1v) is 8.13. The van der Waals surface area contributed by atoms with Gasteiger partial charge in [-0.2, -0.15) is 0 Å². The van der Waals surface area contributed by atoms with E-state index in [-0.39, 0.29) is 29.9 Å². The summed E-state index contributed by atoms with van der Waals surface area (Å²) in [6.45, 7) is 0.329. The number of carbonyl (C=O) groups excluding carboxylic acids is 1. The van der Waals surface area contributed by atoms with Crippen LogP contribution >= 0.6 is 0 Å². The van der Waals surface area contributed by atoms with Gasteiger partial charge in [0.15, 0.2) is 18.1 Å². The number of fused-ring (bicyclic) bond motifs is 1. The third kappa shape index (κ3) is 3.88. The minimum atomic E-state index is -1.06. The number of nitrogens with one attached hydrogen (secondary N) is 1. The average Bonchev–Trinajstić information content (AvgIpc) is 2.66. The van der Waals surface area contributed by atoms with E-state index in [1.807, 2.05) is 24.3 Å². The Morgan fingerprint density at radius 2 is 2.04 bits per heavy atom. The fraction of sp³-hybridized carbons (Fsp3) is 0.263. The van der Waals surface area contributed by atoms with Crippen LogP contribution < -0.4 is 19.5 Å². The molecule has 0 saturated carbocycles. The zero-order chi connectivity index (χ0) is 18.5. The molecule has 0 aliphatic carbocycles. The number of ether oxygens (including phenoxy) is 3. The second-order valence-corrected chi connectivity index (χ2v) is 5.75. The predicted octanol–water partition coefficient (Wildman–Crippen LogP) is 2.41. The molecule has 7 heteroatoms. The van der Waals surface area contributed by atoms with Crippen LogP contribution in [-0.4, -0.2) is 37.3 Å². The fourth-order valence-electron chi connectivity index (χ4n) is 2.79. The average molecular weight is 357 g/mol. The van der Waals surface area contributed by atoms with Crippen molar-refractivity contribution in [1.29, 1.82) is 0 Å². The first-order valence-electron chi connectivity index (χ1n) is 8.13. The van der Waals surface area contributed by atoms with Crippen LogP contribution in [0.2, 0.25) is 0 Å². The Balaban J connectivity index is 1.62. The molecule has 3 rings (SSSR count). The summed E-state index contributed by atoms with van der Waals surface area (Å²) in [6.07, 6.45) is 0.680. The first kappa shape index (κ1) is 17.6. The number of carboxylic acids is 1. The molecule has 0 radical (unpaired) electrons. The summed E-state index contributed by atoms with van der Waals surface area (Å²) in [5.41, 5.74) is 1.02. The maximum atomic E-state index is 12.3. The highest BCUT2D eigenvalue weighted by molar-refractivity contribution is 5.88. The number of hydrogen-bond donors (Lipinski definition) is 2. The summed E-state index contributed by atoms with van der Waals surface area (Å²) in [5, 5.41) is 11.9. The number of para-hydroxylation sites is 1. The highest BCUT2D eigenvalue weighted by Gasteiger charge is 2.23. The van der Waals surface area contributed by atoms with Crippen LogP contribution in [0, 0.1) is 0 Å². The summed E-state index contributed by atoms with van der Waals surface area (Å²) in [5.74, 6) is -0.00752. The fourth-order valence-corrected chi connectivity index (χ4v) is 2.79. The number of carbonyl (C=O) groups is 2. The third-order valence-electron chi connectivity index (χ3n) is 4.06. The molecule has 0 saturated heterocycles. The molecule has 0 fully saturated rings. The van der Waals surface area contributed by atoms with Crippen molar-refractivity contribution < 1.29 is 28.9 Å². The summed E-state index contributed by atoms with van der Waals surface area (Å²) >= 11 is 0. The van der Waals surface area contributed by atoms with E-state index in [0.29, 0.717) is 18.8 Å². The van der Waals surface area contributed by atoms with Crippen LogP contribution in [0.25, 0.3) is 0 Å². The molecule has 2 N–H and O–H groups in total. The Bertz CT molecular complexity index is 819. The molecule has 0 unspecified atom stereocenters. The van der Waals surface area contributed by atoms with E-state index in [1.54, 1.807) is 0 Å². The summed E-state index contributed by atoms with van der Waals surface area (Å²) in [6, 6.07) is 11.7. The number of aromatic carboxylic acids is 1. The molecule has 0 spiro atoms. The van der Waals surface area contributed by atoms with Gasteiger partial charge in [0, 0.05) is 12.0 Å². The summed E-state index contributed by atoms with van der Waals surface area (Å²) < 4.78 is 16.2. The van der Waals surface area contributed by atoms with Crippen LogP contribution in [0.4, 0.5) is 0 Å². The van der Waals surface area contributed by atoms with Gasteiger partial charge in [0.1, 0.15) is 5.75 Å². The van der Waals surface area contributed by atoms with Crippen LogP contribution in [-0.2, 0) is 4.79 Å². The minimum Gasteiger partial charge on any atom is -0.493 e. The quantitative estimate of drug-likeness (QED) is 0.825. The molecular weight excluding hydrogens is 338 g/mol. The second-order valence-electron chi connectivity index (χ2n) is 5.75. The van der Waals surface area contributed by atoms with Gasteiger partial charge in [-0.1, -0.05) is 18.2 Å². The lowest BCUT2D eigenvalue weighted by Crippen LogP contribution is -2.35. The number of methoxy groups -OCH3 is 1. The van der Waals surface area contributed by atoms with Gasteiger partial charge in [0.25, 0.3) is 5.91 Å². The molecule has 2 aromatic rings. The van der Waals surface area contributed by atoms with Crippen LogP contribution in [0.5, 0.6) is 17.2 Å². The van der Waals surface area contributed by atoms with Gasteiger partial charge in [-0.3, -0.25) is 4.79 Å². The van der Waals surface area contributed by atoms with Gasteiger partial charge in [-0.15, -0.1) is 0 Å². The molecule has 7 nitrogen and oxygen atoms in total. The lowest BCUT2D eigenvalue weighted by molar-refractivity contribution is -0.124. The first-order chi connectivity index (χ1) is 12.6. The molecule has 136 valence electrons. The largest absolute Gasteiger partial charge is 0.493 e. The van der Waals surface area contributed by atoms with Crippen molar-refractivity contribution in [2.45, 2.75) is 12.5 Å². The van der Waals surface area contributed by atoms with Crippen molar-refractivity contribution >= 4 is 11.9 Å². The highest BCUT2D eigenvalue weighted by atomic mass is 16.5. The Labute approximate surface area is 150 Å². The minimum absolute atomic E-state index is 0.0810. The van der Waals surface area contributed by atoms with Crippen molar-refractivity contribution in [2.24, 2.45) is 0 Å². The van der Waals surface area contributed by atoms with Crippen LogP contribution in [0.1, 0.15) is 28.4 Å². The SMILES string of the molecule is COc1cc(C(=O)O)ccc1OCC(=O)N[C@H]1CCOc2ccccc21. The monoisotopic (exact) mass is 357 g/mol. The van der Waals surface area contributed by atoms with Gasteiger partial charge < -0.3 is 24.6 Å². The number of amides is 1. The number of hydrogen-bond acceptors (Lipinski definition) is 5. The molecule has 0 aromatic heterocycles. The zero-order valence-corrected chi connectivity index (χ0v) is 14.2. The van der Waals surface area contributed by atoms with E-state index in [2.05, 4.69) is 5.32 Å². The number of carboxylic acid groups (broad SMARTS) is 1. The van der Waals surface area contributed by atoms with E-state index in [4.69, 9.17) is 19.3 Å². The van der Waals surface area contributed by atoms with E-state index in [9.17, 15) is 9.59 Å². The molecule has 1 atom stereocenters. The molecule has 0 bridgehead atoms. The van der Waals surface area contributed by atoms with Crippen LogP contribution in [0.3, 0.4) is 0 Å². The van der Waals surface area contributed by atoms with Crippen molar-refractivity contribution in [1.82, 2.24) is 5.32 Å². The summed E-state index contributed by atoms with van der Waals surface area (Å²) in [4.78, 5) is 23.3. The van der Waals surface area contributed by atoms with Crippen molar-refractivity contribution in [3.8, 4) is 17.2 Å². The summed E-state index contributed by atoms with van der Waals surface area (Å²) in [7, 11) is 1.41. The Kier molecular flexibility index (Phi) is 5.26. The van der Waals surface area contributed by atoms with E-state index < -0.39 is 5.97 Å². The Morgan fingerprint density at radius 1 is 1.23 bits per heavy atom. The maximum Gasteiger partial charge on any atom is 0.335 e. The zero-order valence-electron chi connectivity index (χ0n) is 14.2. The number of benzene rings is 2. The molecule has 2 aromatic carbocycles. The molecule has 26 heavy (non-hydrogen) atoms. The number of rotatable bonds is 6. The van der Waals surface area contributed by atoms with E-state index in [1.165, 1.54) is 25.3 Å². The normalized spacial score (nSPS) is 15.3. The lowest BCUT2D eigenvalue weighted by atomic mass is 10.0. The van der Waals surface area contributed by atoms with Crippen LogP contribution in [0.15, 0.2) is 42.5 Å². The standard InChI is InChI=1S/C19H19NO6/c1-24-17-10-12(19(22)23)6-7-16(17)26-11-18(21)20-14-8-9-25-15-5-3-2-4-13(14)15/h2-7,10,14H,8-9,11H2,1H3,(H,20,21)(H,22,23)/t14-/m0/s1. The topological polar surface area (TPSA) is 94.1 Å². The Morgan fingerprint density at radius 3 is 2.81 bits per heavy atom. The lowest BCUT2D eigenvalue weighted by Gasteiger charge is -2.26. The van der Waals surface area contributed by atoms with E-state index >= 15 is 0 Å². The molecule has 1 aliphatic heterocycles. The molecular formula is C19H19NO6. The van der Waals surface area contributed by atoms with Gasteiger partial charge >= 0.3 is 5.97 Å². The van der Waals surface area contributed by atoms with Crippen molar-refractivity contribution in [3.63, 3.8) is 0 Å². The van der Waals surface area contributed by atoms with Crippen molar-refractivity contribution in [3.05, 3.63) is 53.6 Å². The van der Waals surface area contributed by atoms with Gasteiger partial charge in [-0.05, 0) is 24.3 Å². The Hall–Kier alpha value is -3.22. The third-order valence-corrected chi connectivity index (χ3v) is 4.06. The van der Waals surface area contributed by atoms with Gasteiger partial charge in [-0.25, -0.2) is 4.79 Å². The van der Waals surface area contributed by atoms with Crippen molar-refractivity contribution in [2.75, 3.05) is 20.3 Å².